The van der Waals surface area contributed by atoms with Crippen LogP contribution in [-0.2, 0) is 16.4 Å². The zero-order valence-corrected chi connectivity index (χ0v) is 12.3. The van der Waals surface area contributed by atoms with Crippen molar-refractivity contribution in [2.45, 2.75) is 32.7 Å². The second-order valence-electron chi connectivity index (χ2n) is 6.04. The van der Waals surface area contributed by atoms with E-state index in [0.29, 0.717) is 0 Å². The first-order valence-corrected chi connectivity index (χ1v) is 8.06. The average molecular weight is 267 g/mol. The largest absolute Gasteiger partial charge is 0.212 e. The second-order valence-corrected chi connectivity index (χ2v) is 8.08. The van der Waals surface area contributed by atoms with Crippen LogP contribution >= 0.6 is 0 Å². The van der Waals surface area contributed by atoms with E-state index < -0.39 is 10.0 Å². The fourth-order valence-corrected chi connectivity index (χ4v) is 3.45. The number of benzene rings is 1. The first kappa shape index (κ1) is 13.6. The van der Waals surface area contributed by atoms with Gasteiger partial charge in [-0.2, -0.15) is 4.31 Å². The van der Waals surface area contributed by atoms with E-state index in [0.717, 1.165) is 18.4 Å². The maximum atomic E-state index is 11.8. The molecule has 0 bridgehead atoms. The molecule has 1 aliphatic carbocycles. The smallest absolute Gasteiger partial charge is 0.211 e. The Hall–Kier alpha value is -0.870. The van der Waals surface area contributed by atoms with E-state index in [1.165, 1.54) is 16.1 Å². The fourth-order valence-electron chi connectivity index (χ4n) is 2.80. The molecule has 0 amide bonds. The van der Waals surface area contributed by atoms with Crippen molar-refractivity contribution in [1.82, 2.24) is 4.31 Å². The Balaban J connectivity index is 2.48. The molecule has 100 valence electrons. The van der Waals surface area contributed by atoms with Crippen LogP contribution in [0.4, 0.5) is 0 Å². The maximum absolute atomic E-state index is 11.8. The molecule has 0 saturated heterocycles. The summed E-state index contributed by atoms with van der Waals surface area (Å²) in [6, 6.07) is 8.13. The Kier molecular flexibility index (Phi) is 3.28. The molecule has 0 heterocycles. The molecule has 0 spiro atoms. The molecule has 2 rings (SSSR count). The van der Waals surface area contributed by atoms with Crippen LogP contribution in [0.15, 0.2) is 24.3 Å². The molecule has 18 heavy (non-hydrogen) atoms. The molecule has 1 atom stereocenters. The summed E-state index contributed by atoms with van der Waals surface area (Å²) >= 11 is 0. The normalized spacial score (nSPS) is 22.8. The third-order valence-electron chi connectivity index (χ3n) is 3.79. The van der Waals surface area contributed by atoms with Gasteiger partial charge < -0.3 is 0 Å². The Morgan fingerprint density at radius 1 is 1.28 bits per heavy atom. The zero-order chi connectivity index (χ0) is 13.6. The topological polar surface area (TPSA) is 37.4 Å². The van der Waals surface area contributed by atoms with Gasteiger partial charge in [0, 0.05) is 7.05 Å². The van der Waals surface area contributed by atoms with Crippen LogP contribution in [0.3, 0.4) is 0 Å². The van der Waals surface area contributed by atoms with Gasteiger partial charge in [-0.3, -0.25) is 0 Å². The number of nitrogens with zero attached hydrogens (tertiary/aromatic N) is 1. The first-order valence-electron chi connectivity index (χ1n) is 6.21. The van der Waals surface area contributed by atoms with E-state index in [4.69, 9.17) is 0 Å². The molecule has 4 heteroatoms. The Morgan fingerprint density at radius 3 is 2.50 bits per heavy atom. The molecule has 1 aliphatic rings. The van der Waals surface area contributed by atoms with Crippen molar-refractivity contribution in [1.29, 1.82) is 0 Å². The SMILES string of the molecule is CN(C1CC(C)(C)Cc2ccccc21)S(C)(=O)=O. The van der Waals surface area contributed by atoms with Gasteiger partial charge in [-0.25, -0.2) is 8.42 Å². The van der Waals surface area contributed by atoms with Gasteiger partial charge in [0.05, 0.1) is 12.3 Å². The molecule has 3 nitrogen and oxygen atoms in total. The predicted molar refractivity (Wildman–Crippen MR) is 73.9 cm³/mol. The average Bonchev–Trinajstić information content (AvgIpc) is 2.24. The van der Waals surface area contributed by atoms with Crippen LogP contribution < -0.4 is 0 Å². The van der Waals surface area contributed by atoms with Crippen molar-refractivity contribution in [3.8, 4) is 0 Å². The van der Waals surface area contributed by atoms with Crippen molar-refractivity contribution >= 4 is 10.0 Å². The van der Waals surface area contributed by atoms with Crippen molar-refractivity contribution in [3.05, 3.63) is 35.4 Å². The third kappa shape index (κ3) is 2.59. The Labute approximate surface area is 110 Å². The number of hydrogen-bond acceptors (Lipinski definition) is 2. The Morgan fingerprint density at radius 2 is 1.89 bits per heavy atom. The molecule has 1 unspecified atom stereocenters. The quantitative estimate of drug-likeness (QED) is 0.826. The lowest BCUT2D eigenvalue weighted by atomic mass is 9.72. The van der Waals surface area contributed by atoms with Crippen molar-refractivity contribution in [3.63, 3.8) is 0 Å². The zero-order valence-electron chi connectivity index (χ0n) is 11.5. The van der Waals surface area contributed by atoms with Gasteiger partial charge in [0.1, 0.15) is 0 Å². The lowest BCUT2D eigenvalue weighted by Crippen LogP contribution is -2.37. The van der Waals surface area contributed by atoms with Gasteiger partial charge in [-0.15, -0.1) is 0 Å². The van der Waals surface area contributed by atoms with Crippen molar-refractivity contribution < 1.29 is 8.42 Å². The van der Waals surface area contributed by atoms with Gasteiger partial charge in [-0.05, 0) is 29.4 Å². The monoisotopic (exact) mass is 267 g/mol. The van der Waals surface area contributed by atoms with Crippen LogP contribution in [0.1, 0.15) is 37.4 Å². The summed E-state index contributed by atoms with van der Waals surface area (Å²) in [6.45, 7) is 4.40. The number of fused-ring (bicyclic) bond motifs is 1. The molecule has 0 radical (unpaired) electrons. The first-order chi connectivity index (χ1) is 8.21. The molecular weight excluding hydrogens is 246 g/mol. The summed E-state index contributed by atoms with van der Waals surface area (Å²) in [5, 5.41) is 0. The van der Waals surface area contributed by atoms with Crippen LogP contribution in [0, 0.1) is 5.41 Å². The third-order valence-corrected chi connectivity index (χ3v) is 5.09. The van der Waals surface area contributed by atoms with Gasteiger partial charge in [0.2, 0.25) is 10.0 Å². The summed E-state index contributed by atoms with van der Waals surface area (Å²) < 4.78 is 25.1. The minimum absolute atomic E-state index is 0.0417. The number of hydrogen-bond donors (Lipinski definition) is 0. The molecule has 0 aliphatic heterocycles. The van der Waals surface area contributed by atoms with E-state index in [1.807, 2.05) is 12.1 Å². The summed E-state index contributed by atoms with van der Waals surface area (Å²) in [5.74, 6) is 0. The van der Waals surface area contributed by atoms with Gasteiger partial charge in [0.25, 0.3) is 0 Å². The molecular formula is C14H21NO2S. The minimum atomic E-state index is -3.16. The van der Waals surface area contributed by atoms with Crippen LogP contribution in [0.5, 0.6) is 0 Å². The molecule has 1 aromatic carbocycles. The highest BCUT2D eigenvalue weighted by molar-refractivity contribution is 7.88. The van der Waals surface area contributed by atoms with Gasteiger partial charge >= 0.3 is 0 Å². The van der Waals surface area contributed by atoms with Crippen molar-refractivity contribution in [2.24, 2.45) is 5.41 Å². The number of rotatable bonds is 2. The molecule has 0 saturated carbocycles. The lowest BCUT2D eigenvalue weighted by Gasteiger charge is -2.40. The maximum Gasteiger partial charge on any atom is 0.211 e. The predicted octanol–water partition coefficient (Wildman–Crippen LogP) is 2.59. The van der Waals surface area contributed by atoms with E-state index in [2.05, 4.69) is 26.0 Å². The standard InChI is InChI=1S/C14H21NO2S/c1-14(2)9-11-7-5-6-8-12(11)13(10-14)15(3)18(4,16)17/h5-8,13H,9-10H2,1-4H3. The van der Waals surface area contributed by atoms with Crippen LogP contribution in [0.2, 0.25) is 0 Å². The molecule has 0 fully saturated rings. The highest BCUT2D eigenvalue weighted by Gasteiger charge is 2.36. The highest BCUT2D eigenvalue weighted by atomic mass is 32.2. The van der Waals surface area contributed by atoms with E-state index >= 15 is 0 Å². The lowest BCUT2D eigenvalue weighted by molar-refractivity contribution is 0.215. The number of sulfonamides is 1. The molecule has 1 aromatic rings. The van der Waals surface area contributed by atoms with Gasteiger partial charge in [-0.1, -0.05) is 38.1 Å². The Bertz CT molecular complexity index is 549. The summed E-state index contributed by atoms with van der Waals surface area (Å²) in [4.78, 5) is 0. The minimum Gasteiger partial charge on any atom is -0.212 e. The van der Waals surface area contributed by atoms with E-state index in [-0.39, 0.29) is 11.5 Å². The van der Waals surface area contributed by atoms with Crippen molar-refractivity contribution in [2.75, 3.05) is 13.3 Å². The summed E-state index contributed by atoms with van der Waals surface area (Å²) in [7, 11) is -1.48. The second kappa shape index (κ2) is 4.35. The highest BCUT2D eigenvalue weighted by Crippen LogP contribution is 2.43. The molecule has 0 N–H and O–H groups in total. The summed E-state index contributed by atoms with van der Waals surface area (Å²) in [6.07, 6.45) is 3.15. The van der Waals surface area contributed by atoms with Gasteiger partial charge in [0.15, 0.2) is 0 Å². The van der Waals surface area contributed by atoms with E-state index in [9.17, 15) is 8.42 Å². The fraction of sp³-hybridized carbons (Fsp3) is 0.571. The van der Waals surface area contributed by atoms with Crippen LogP contribution in [-0.4, -0.2) is 26.0 Å². The van der Waals surface area contributed by atoms with E-state index in [1.54, 1.807) is 7.05 Å². The molecule has 0 aromatic heterocycles. The van der Waals surface area contributed by atoms with Crippen LogP contribution in [0.25, 0.3) is 0 Å². The summed E-state index contributed by atoms with van der Waals surface area (Å²) in [5.41, 5.74) is 2.57.